The molecule has 0 saturated carbocycles. The maximum atomic E-state index is 11.4. The van der Waals surface area contributed by atoms with Crippen molar-refractivity contribution in [1.29, 1.82) is 0 Å². The Kier molecular flexibility index (Phi) is 32.3. The van der Waals surface area contributed by atoms with Gasteiger partial charge >= 0.3 is 5.97 Å². The van der Waals surface area contributed by atoms with E-state index >= 15 is 0 Å². The second-order valence-corrected chi connectivity index (χ2v) is 7.77. The largest absolute Gasteiger partial charge is 0.463 e. The van der Waals surface area contributed by atoms with Crippen molar-refractivity contribution in [1.82, 2.24) is 0 Å². The first-order chi connectivity index (χ1) is 18.3. The predicted octanol–water partition coefficient (Wildman–Crippen LogP) is 2.28. The van der Waals surface area contributed by atoms with Crippen LogP contribution >= 0.6 is 0 Å². The minimum absolute atomic E-state index is 0.156. The highest BCUT2D eigenvalue weighted by Crippen LogP contribution is 2.00. The van der Waals surface area contributed by atoms with Gasteiger partial charge in [-0.05, 0) is 13.3 Å². The van der Waals surface area contributed by atoms with E-state index in [9.17, 15) is 4.79 Å². The first kappa shape index (κ1) is 36.1. The molecule has 11 heteroatoms. The summed E-state index contributed by atoms with van der Waals surface area (Å²) in [7, 11) is 0. The number of hydrogen-bond acceptors (Lipinski definition) is 11. The summed E-state index contributed by atoms with van der Waals surface area (Å²) in [5.41, 5.74) is 0. The normalized spacial score (nSPS) is 11.3. The summed E-state index contributed by atoms with van der Waals surface area (Å²) in [4.78, 5) is 11.4. The number of esters is 1. The zero-order chi connectivity index (χ0) is 26.9. The lowest BCUT2D eigenvalue weighted by atomic mass is 10.2. The number of rotatable bonds is 32. The highest BCUT2D eigenvalue weighted by atomic mass is 16.6. The van der Waals surface area contributed by atoms with Crippen LogP contribution in [0.4, 0.5) is 0 Å². The van der Waals surface area contributed by atoms with Crippen LogP contribution < -0.4 is 0 Å². The van der Waals surface area contributed by atoms with Gasteiger partial charge in [-0.2, -0.15) is 0 Å². The Hall–Kier alpha value is -0.890. The van der Waals surface area contributed by atoms with Crippen LogP contribution in [-0.4, -0.2) is 132 Å². The van der Waals surface area contributed by atoms with Crippen molar-refractivity contribution in [2.24, 2.45) is 0 Å². The summed E-state index contributed by atoms with van der Waals surface area (Å²) < 4.78 is 53.6. The summed E-state index contributed by atoms with van der Waals surface area (Å²) in [6, 6.07) is 0. The highest BCUT2D eigenvalue weighted by molar-refractivity contribution is 5.69. The van der Waals surface area contributed by atoms with Crippen LogP contribution in [0, 0.1) is 0 Å². The van der Waals surface area contributed by atoms with Gasteiger partial charge < -0.3 is 47.4 Å². The van der Waals surface area contributed by atoms with Crippen LogP contribution in [0.5, 0.6) is 0 Å². The lowest BCUT2D eigenvalue weighted by molar-refractivity contribution is -0.145. The molecule has 0 radical (unpaired) electrons. The highest BCUT2D eigenvalue weighted by Gasteiger charge is 2.01. The van der Waals surface area contributed by atoms with E-state index in [1.165, 1.54) is 0 Å². The molecule has 0 saturated heterocycles. The molecule has 0 aliphatic carbocycles. The van der Waals surface area contributed by atoms with Crippen LogP contribution in [0.2, 0.25) is 0 Å². The molecule has 0 aromatic carbocycles. The molecular formula is C26H52O11. The predicted molar refractivity (Wildman–Crippen MR) is 138 cm³/mol. The van der Waals surface area contributed by atoms with Gasteiger partial charge in [-0.1, -0.05) is 19.8 Å². The van der Waals surface area contributed by atoms with Crippen LogP contribution in [0.3, 0.4) is 0 Å². The fraction of sp³-hybridized carbons (Fsp3) is 0.962. The number of carbonyl (C=O) groups excluding carboxylic acids is 1. The minimum Gasteiger partial charge on any atom is -0.463 e. The first-order valence-corrected chi connectivity index (χ1v) is 13.7. The van der Waals surface area contributed by atoms with E-state index in [2.05, 4.69) is 6.92 Å². The van der Waals surface area contributed by atoms with Gasteiger partial charge in [0.2, 0.25) is 0 Å². The molecule has 222 valence electrons. The smallest absolute Gasteiger partial charge is 0.305 e. The first-order valence-electron chi connectivity index (χ1n) is 13.7. The van der Waals surface area contributed by atoms with E-state index in [-0.39, 0.29) is 12.6 Å². The average molecular weight is 541 g/mol. The molecule has 0 aliphatic rings. The van der Waals surface area contributed by atoms with Gasteiger partial charge in [0.15, 0.2) is 0 Å². The Labute approximate surface area is 223 Å². The van der Waals surface area contributed by atoms with E-state index in [4.69, 9.17) is 47.4 Å². The van der Waals surface area contributed by atoms with Crippen molar-refractivity contribution in [2.75, 3.05) is 126 Å². The number of unbranched alkanes of at least 4 members (excludes halogenated alkanes) is 2. The van der Waals surface area contributed by atoms with Crippen LogP contribution in [0.25, 0.3) is 0 Å². The maximum absolute atomic E-state index is 11.4. The molecule has 0 N–H and O–H groups in total. The third-order valence-corrected chi connectivity index (χ3v) is 4.66. The van der Waals surface area contributed by atoms with Crippen molar-refractivity contribution in [3.63, 3.8) is 0 Å². The summed E-state index contributed by atoms with van der Waals surface area (Å²) in [6.45, 7) is 13.8. The molecule has 0 aromatic heterocycles. The molecule has 37 heavy (non-hydrogen) atoms. The number of carbonyl (C=O) groups is 1. The summed E-state index contributed by atoms with van der Waals surface area (Å²) in [5.74, 6) is -0.156. The Morgan fingerprint density at radius 2 is 0.703 bits per heavy atom. The molecular weight excluding hydrogens is 488 g/mol. The van der Waals surface area contributed by atoms with Crippen molar-refractivity contribution in [3.05, 3.63) is 0 Å². The minimum atomic E-state index is -0.156. The quantitative estimate of drug-likeness (QED) is 0.0926. The molecule has 0 bridgehead atoms. The summed E-state index contributed by atoms with van der Waals surface area (Å²) >= 11 is 0. The summed E-state index contributed by atoms with van der Waals surface area (Å²) in [6.07, 6.45) is 3.51. The fourth-order valence-corrected chi connectivity index (χ4v) is 2.71. The second kappa shape index (κ2) is 33.1. The van der Waals surface area contributed by atoms with Gasteiger partial charge in [-0.15, -0.1) is 0 Å². The molecule has 0 unspecified atom stereocenters. The molecule has 0 atom stereocenters. The Bertz CT molecular complexity index is 441. The van der Waals surface area contributed by atoms with Crippen molar-refractivity contribution >= 4 is 5.97 Å². The van der Waals surface area contributed by atoms with Gasteiger partial charge in [-0.3, -0.25) is 4.79 Å². The van der Waals surface area contributed by atoms with Crippen molar-refractivity contribution in [3.8, 4) is 0 Å². The van der Waals surface area contributed by atoms with E-state index in [0.29, 0.717) is 125 Å². The lowest BCUT2D eigenvalue weighted by Gasteiger charge is -2.09. The zero-order valence-corrected chi connectivity index (χ0v) is 23.3. The maximum Gasteiger partial charge on any atom is 0.305 e. The molecule has 0 heterocycles. The third kappa shape index (κ3) is 33.1. The van der Waals surface area contributed by atoms with Gasteiger partial charge in [0.25, 0.3) is 0 Å². The molecule has 0 fully saturated rings. The standard InChI is InChI=1S/C26H52O11/c1-3-5-6-7-26(27)37-25-24-36-23-22-35-21-20-34-19-18-33-17-16-32-15-14-31-13-12-30-11-10-29-9-8-28-4-2/h3-25H2,1-2H3. The molecule has 0 spiro atoms. The number of hydrogen-bond donors (Lipinski definition) is 0. The third-order valence-electron chi connectivity index (χ3n) is 4.66. The van der Waals surface area contributed by atoms with Gasteiger partial charge in [-0.25, -0.2) is 0 Å². The van der Waals surface area contributed by atoms with Crippen LogP contribution in [0.1, 0.15) is 39.5 Å². The van der Waals surface area contributed by atoms with Crippen LogP contribution in [0.15, 0.2) is 0 Å². The monoisotopic (exact) mass is 540 g/mol. The fourth-order valence-electron chi connectivity index (χ4n) is 2.71. The SMILES string of the molecule is CCCCCC(=O)OCCOCCOCCOCCOCCOCCOCCOCCOCCOCC. The molecule has 0 aliphatic heterocycles. The zero-order valence-electron chi connectivity index (χ0n) is 23.3. The van der Waals surface area contributed by atoms with Crippen LogP contribution in [-0.2, 0) is 52.2 Å². The van der Waals surface area contributed by atoms with Gasteiger partial charge in [0, 0.05) is 13.0 Å². The van der Waals surface area contributed by atoms with E-state index in [1.807, 2.05) is 6.92 Å². The average Bonchev–Trinajstić information content (AvgIpc) is 2.90. The van der Waals surface area contributed by atoms with Crippen molar-refractivity contribution < 1.29 is 52.2 Å². The van der Waals surface area contributed by atoms with Gasteiger partial charge in [0.1, 0.15) is 6.61 Å². The topological polar surface area (TPSA) is 109 Å². The van der Waals surface area contributed by atoms with Crippen molar-refractivity contribution in [2.45, 2.75) is 39.5 Å². The van der Waals surface area contributed by atoms with E-state index < -0.39 is 0 Å². The summed E-state index contributed by atoms with van der Waals surface area (Å²) in [5, 5.41) is 0. The Balaban J connectivity index is 3.06. The van der Waals surface area contributed by atoms with Gasteiger partial charge in [0.05, 0.1) is 112 Å². The molecule has 0 rings (SSSR count). The molecule has 11 nitrogen and oxygen atoms in total. The van der Waals surface area contributed by atoms with E-state index in [0.717, 1.165) is 19.3 Å². The second-order valence-electron chi connectivity index (χ2n) is 7.77. The lowest BCUT2D eigenvalue weighted by Crippen LogP contribution is -2.15. The Morgan fingerprint density at radius 1 is 0.405 bits per heavy atom. The molecule has 0 amide bonds. The number of ether oxygens (including phenoxy) is 10. The molecule has 0 aromatic rings. The Morgan fingerprint density at radius 3 is 1.00 bits per heavy atom. The van der Waals surface area contributed by atoms with E-state index in [1.54, 1.807) is 0 Å².